The highest BCUT2D eigenvalue weighted by atomic mass is 35.5. The first-order valence-electron chi connectivity index (χ1n) is 13.9. The van der Waals surface area contributed by atoms with Crippen molar-refractivity contribution in [3.8, 4) is 11.8 Å². The molecule has 0 saturated carbocycles. The second-order valence-corrected chi connectivity index (χ2v) is 12.7. The molecule has 45 heavy (non-hydrogen) atoms. The van der Waals surface area contributed by atoms with Gasteiger partial charge < -0.3 is 20.1 Å². The summed E-state index contributed by atoms with van der Waals surface area (Å²) >= 11 is 12.3. The predicted octanol–water partition coefficient (Wildman–Crippen LogP) is 6.60. The lowest BCUT2D eigenvalue weighted by Gasteiger charge is -2.37. The van der Waals surface area contributed by atoms with Crippen molar-refractivity contribution in [2.45, 2.75) is 50.6 Å². The Labute approximate surface area is 269 Å². The van der Waals surface area contributed by atoms with Crippen LogP contribution < -0.4 is 15.4 Å². The summed E-state index contributed by atoms with van der Waals surface area (Å²) in [5.41, 5.74) is -2.10. The molecule has 0 aliphatic carbocycles. The number of aldehydes is 1. The highest BCUT2D eigenvalue weighted by molar-refractivity contribution is 6.31. The van der Waals surface area contributed by atoms with Crippen molar-refractivity contribution in [1.82, 2.24) is 5.32 Å². The van der Waals surface area contributed by atoms with Crippen molar-refractivity contribution < 1.29 is 32.6 Å². The van der Waals surface area contributed by atoms with Gasteiger partial charge in [-0.15, -0.1) is 0 Å². The van der Waals surface area contributed by atoms with Crippen molar-refractivity contribution in [2.24, 2.45) is 5.41 Å². The number of halogens is 4. The van der Waals surface area contributed by atoms with E-state index in [1.807, 2.05) is 20.8 Å². The van der Waals surface area contributed by atoms with Crippen LogP contribution in [-0.4, -0.2) is 44.0 Å². The summed E-state index contributed by atoms with van der Waals surface area (Å²) in [5, 5.41) is 16.8. The van der Waals surface area contributed by atoms with Gasteiger partial charge in [0.15, 0.2) is 6.29 Å². The molecule has 1 saturated heterocycles. The lowest BCUT2D eigenvalue weighted by atomic mass is 9.62. The van der Waals surface area contributed by atoms with E-state index in [1.54, 1.807) is 0 Å². The van der Waals surface area contributed by atoms with Gasteiger partial charge in [-0.1, -0.05) is 62.2 Å². The van der Waals surface area contributed by atoms with Gasteiger partial charge in [-0.2, -0.15) is 5.26 Å². The maximum absolute atomic E-state index is 15.9. The van der Waals surface area contributed by atoms with Crippen LogP contribution in [0.4, 0.5) is 14.5 Å². The number of hydrogen-bond donors (Lipinski definition) is 2. The Morgan fingerprint density at radius 1 is 1.13 bits per heavy atom. The molecule has 2 N–H and O–H groups in total. The molecule has 4 rings (SSSR count). The zero-order chi connectivity index (χ0) is 33.1. The Hall–Kier alpha value is -4.04. The summed E-state index contributed by atoms with van der Waals surface area (Å²) in [7, 11) is 1.33. The molecule has 1 aliphatic heterocycles. The van der Waals surface area contributed by atoms with E-state index in [0.29, 0.717) is 12.7 Å². The minimum Gasteiger partial charge on any atom is -0.495 e. The van der Waals surface area contributed by atoms with E-state index >= 15 is 8.78 Å². The number of methoxy groups -OCH3 is 1. The standard InChI is InChI=1S/C33H31Cl2F2N3O5/c1-32(2,3)16-26-33(17-38,21-10-9-19(34)15-23(21)36)27(20-6-5-7-22(35)28(20)37)29(40-26)30(42)39-24-11-8-18(14-25(24)44-4)31(43)45-13-12-41/h5-12,14-15,26-27,29,40H,13,16H2,1-4H3,(H,39,42)/t26-,27-,29+,33-/m0/s1. The van der Waals surface area contributed by atoms with E-state index in [1.165, 1.54) is 55.6 Å². The summed E-state index contributed by atoms with van der Waals surface area (Å²) in [6, 6.07) is 12.4. The summed E-state index contributed by atoms with van der Waals surface area (Å²) < 4.78 is 41.9. The van der Waals surface area contributed by atoms with Crippen molar-refractivity contribution >= 4 is 47.1 Å². The Balaban J connectivity index is 1.88. The van der Waals surface area contributed by atoms with Gasteiger partial charge in [-0.05, 0) is 53.8 Å². The normalized spacial score (nSPS) is 21.1. The molecule has 8 nitrogen and oxygen atoms in total. The molecule has 4 atom stereocenters. The average molecular weight is 659 g/mol. The van der Waals surface area contributed by atoms with Crippen molar-refractivity contribution in [2.75, 3.05) is 19.0 Å². The number of ether oxygens (including phenoxy) is 2. The van der Waals surface area contributed by atoms with Gasteiger partial charge in [-0.3, -0.25) is 9.59 Å². The Kier molecular flexibility index (Phi) is 10.2. The first-order valence-corrected chi connectivity index (χ1v) is 14.7. The second-order valence-electron chi connectivity index (χ2n) is 11.9. The van der Waals surface area contributed by atoms with Gasteiger partial charge in [0.1, 0.15) is 29.4 Å². The summed E-state index contributed by atoms with van der Waals surface area (Å²) in [6.45, 7) is 5.37. The van der Waals surface area contributed by atoms with E-state index in [4.69, 9.17) is 32.7 Å². The van der Waals surface area contributed by atoms with E-state index in [-0.39, 0.29) is 38.2 Å². The van der Waals surface area contributed by atoms with Crippen LogP contribution in [0.1, 0.15) is 54.6 Å². The van der Waals surface area contributed by atoms with Crippen LogP contribution >= 0.6 is 23.2 Å². The lowest BCUT2D eigenvalue weighted by molar-refractivity contribution is -0.118. The number of hydrogen-bond acceptors (Lipinski definition) is 7. The molecule has 0 radical (unpaired) electrons. The fourth-order valence-electron chi connectivity index (χ4n) is 5.88. The molecular weight excluding hydrogens is 627 g/mol. The monoisotopic (exact) mass is 657 g/mol. The zero-order valence-electron chi connectivity index (χ0n) is 24.9. The number of esters is 1. The van der Waals surface area contributed by atoms with Crippen LogP contribution in [0.5, 0.6) is 5.75 Å². The molecule has 1 aliphatic rings. The molecule has 1 heterocycles. The third kappa shape index (κ3) is 6.81. The highest BCUT2D eigenvalue weighted by Crippen LogP contribution is 2.53. The molecule has 1 amide bonds. The molecule has 0 bridgehead atoms. The first-order chi connectivity index (χ1) is 21.3. The number of nitrogens with one attached hydrogen (secondary N) is 2. The van der Waals surface area contributed by atoms with E-state index in [9.17, 15) is 19.6 Å². The van der Waals surface area contributed by atoms with Crippen molar-refractivity contribution in [3.63, 3.8) is 0 Å². The van der Waals surface area contributed by atoms with Gasteiger partial charge in [0, 0.05) is 22.5 Å². The van der Waals surface area contributed by atoms with Crippen LogP contribution in [-0.2, 0) is 19.7 Å². The molecule has 1 fully saturated rings. The number of amides is 1. The minimum absolute atomic E-state index is 0.0494. The van der Waals surface area contributed by atoms with E-state index in [2.05, 4.69) is 16.7 Å². The SMILES string of the molecule is COc1cc(C(=O)OCC=O)ccc1NC(=O)[C@@H]1N[C@@H](CC(C)(C)C)[C@](C#N)(c2ccc(Cl)cc2F)[C@H]1c1cccc(Cl)c1F. The quantitative estimate of drug-likeness (QED) is 0.197. The molecule has 236 valence electrons. The summed E-state index contributed by atoms with van der Waals surface area (Å²) in [5.74, 6) is -4.26. The van der Waals surface area contributed by atoms with Gasteiger partial charge in [0.25, 0.3) is 0 Å². The second kappa shape index (κ2) is 13.5. The molecule has 0 unspecified atom stereocenters. The molecule has 0 spiro atoms. The number of anilines is 1. The Morgan fingerprint density at radius 3 is 2.49 bits per heavy atom. The highest BCUT2D eigenvalue weighted by Gasteiger charge is 2.61. The average Bonchev–Trinajstić information content (AvgIpc) is 3.30. The number of nitriles is 1. The Morgan fingerprint density at radius 2 is 1.87 bits per heavy atom. The van der Waals surface area contributed by atoms with Gasteiger partial charge in [0.2, 0.25) is 5.91 Å². The third-order valence-electron chi connectivity index (χ3n) is 7.71. The lowest BCUT2D eigenvalue weighted by Crippen LogP contribution is -2.45. The fraction of sp³-hybridized carbons (Fsp3) is 0.333. The molecular formula is C33H31Cl2F2N3O5. The summed E-state index contributed by atoms with van der Waals surface area (Å²) in [4.78, 5) is 37.0. The van der Waals surface area contributed by atoms with Crippen LogP contribution in [0.25, 0.3) is 0 Å². The minimum atomic E-state index is -1.80. The number of rotatable bonds is 9. The zero-order valence-corrected chi connectivity index (χ0v) is 26.4. The van der Waals surface area contributed by atoms with Gasteiger partial charge in [-0.25, -0.2) is 13.6 Å². The topological polar surface area (TPSA) is 118 Å². The number of nitrogens with zero attached hydrogens (tertiary/aromatic N) is 1. The first kappa shape index (κ1) is 33.8. The number of benzene rings is 3. The van der Waals surface area contributed by atoms with E-state index < -0.39 is 58.9 Å². The van der Waals surface area contributed by atoms with E-state index in [0.717, 1.165) is 6.07 Å². The molecule has 0 aromatic heterocycles. The fourth-order valence-corrected chi connectivity index (χ4v) is 6.22. The van der Waals surface area contributed by atoms with Crippen LogP contribution in [0.15, 0.2) is 54.6 Å². The van der Waals surface area contributed by atoms with Gasteiger partial charge >= 0.3 is 5.97 Å². The van der Waals surface area contributed by atoms with Crippen LogP contribution in [0, 0.1) is 28.4 Å². The molecule has 3 aromatic carbocycles. The predicted molar refractivity (Wildman–Crippen MR) is 166 cm³/mol. The Bertz CT molecular complexity index is 1670. The number of carbonyl (C=O) groups excluding carboxylic acids is 3. The van der Waals surface area contributed by atoms with Crippen molar-refractivity contribution in [1.29, 1.82) is 5.26 Å². The van der Waals surface area contributed by atoms with Crippen LogP contribution in [0.3, 0.4) is 0 Å². The smallest absolute Gasteiger partial charge is 0.338 e. The summed E-state index contributed by atoms with van der Waals surface area (Å²) in [6.07, 6.45) is 0.730. The van der Waals surface area contributed by atoms with Crippen molar-refractivity contribution in [3.05, 3.63) is 93.0 Å². The third-order valence-corrected chi connectivity index (χ3v) is 8.24. The molecule has 12 heteroatoms. The number of carbonyl (C=O) groups is 3. The van der Waals surface area contributed by atoms with Crippen LogP contribution in [0.2, 0.25) is 10.0 Å². The maximum atomic E-state index is 15.9. The van der Waals surface area contributed by atoms with Gasteiger partial charge in [0.05, 0.1) is 35.5 Å². The maximum Gasteiger partial charge on any atom is 0.338 e. The largest absolute Gasteiger partial charge is 0.495 e. The molecule has 3 aromatic rings.